The Morgan fingerprint density at radius 2 is 1.72 bits per heavy atom. The van der Waals surface area contributed by atoms with Gasteiger partial charge in [0.15, 0.2) is 0 Å². The number of aliphatic carboxylic acids is 1. The monoisotopic (exact) mass is 663 g/mol. The Labute approximate surface area is 289 Å². The van der Waals surface area contributed by atoms with E-state index in [1.807, 2.05) is 39.5 Å². The van der Waals surface area contributed by atoms with Crippen molar-refractivity contribution in [3.63, 3.8) is 0 Å². The predicted molar refractivity (Wildman–Crippen MR) is 201 cm³/mol. The number of nitrogens with one attached hydrogen (secondary N) is 1. The molecule has 268 valence electrons. The third-order valence-electron chi connectivity index (χ3n) is 12.5. The second-order valence-electron chi connectivity index (χ2n) is 14.6. The topological polar surface area (TPSA) is 69.6 Å². The molecular weight excluding hydrogens is 589 g/mol. The summed E-state index contributed by atoms with van der Waals surface area (Å²) in [5.41, 5.74) is 1.77. The highest BCUT2D eigenvalue weighted by molar-refractivity contribution is 8.03. The highest BCUT2D eigenvalue weighted by atomic mass is 32.2. The lowest BCUT2D eigenvalue weighted by molar-refractivity contribution is -0.139. The number of thioether (sulfide) groups is 1. The summed E-state index contributed by atoms with van der Waals surface area (Å²) in [7, 11) is 2.15. The molecule has 4 rings (SSSR count). The average molecular weight is 663 g/mol. The number of rotatable bonds is 11. The number of carboxylic acids is 1. The number of hydrogen-bond acceptors (Lipinski definition) is 4. The van der Waals surface area contributed by atoms with E-state index in [0.717, 1.165) is 43.9 Å². The fraction of sp³-hybridized carbons (Fsp3) is 0.850. The molecular formula is C40H74N2O3S. The zero-order valence-corrected chi connectivity index (χ0v) is 33.1. The van der Waals surface area contributed by atoms with Crippen molar-refractivity contribution in [2.24, 2.45) is 40.4 Å². The summed E-state index contributed by atoms with van der Waals surface area (Å²) in [4.78, 5) is 25.0. The van der Waals surface area contributed by atoms with Crippen LogP contribution in [-0.2, 0) is 9.59 Å². The summed E-state index contributed by atoms with van der Waals surface area (Å²) < 4.78 is 0. The molecule has 3 aliphatic carbocycles. The van der Waals surface area contributed by atoms with E-state index >= 15 is 0 Å². The van der Waals surface area contributed by atoms with Crippen LogP contribution in [0.25, 0.3) is 0 Å². The van der Waals surface area contributed by atoms with E-state index in [9.17, 15) is 9.59 Å². The van der Waals surface area contributed by atoms with Gasteiger partial charge in [-0.25, -0.2) is 0 Å². The van der Waals surface area contributed by atoms with Crippen LogP contribution in [0.5, 0.6) is 0 Å². The molecule has 5 nitrogen and oxygen atoms in total. The van der Waals surface area contributed by atoms with Crippen molar-refractivity contribution >= 4 is 24.1 Å². The lowest BCUT2D eigenvalue weighted by Crippen LogP contribution is -2.65. The summed E-state index contributed by atoms with van der Waals surface area (Å²) in [5.74, 6) is 2.63. The van der Waals surface area contributed by atoms with Crippen molar-refractivity contribution in [1.82, 2.24) is 10.2 Å². The zero-order chi connectivity index (χ0) is 35.3. The largest absolute Gasteiger partial charge is 0.481 e. The van der Waals surface area contributed by atoms with E-state index in [1.165, 1.54) is 55.7 Å². The number of amides is 1. The smallest absolute Gasteiger partial charge is 0.303 e. The molecule has 6 heteroatoms. The summed E-state index contributed by atoms with van der Waals surface area (Å²) in [6.07, 6.45) is 18.6. The van der Waals surface area contributed by atoms with Crippen LogP contribution in [-0.4, -0.2) is 40.2 Å². The molecule has 0 radical (unpaired) electrons. The second-order valence-corrected chi connectivity index (χ2v) is 16.1. The van der Waals surface area contributed by atoms with E-state index in [-0.39, 0.29) is 11.0 Å². The number of carbonyl (C=O) groups is 2. The molecule has 9 atom stereocenters. The minimum Gasteiger partial charge on any atom is -0.481 e. The zero-order valence-electron chi connectivity index (χ0n) is 32.3. The minimum absolute atomic E-state index is 0.0685. The van der Waals surface area contributed by atoms with Gasteiger partial charge in [-0.05, 0) is 118 Å². The number of carbonyl (C=O) groups excluding carboxylic acids is 1. The van der Waals surface area contributed by atoms with Crippen LogP contribution in [0, 0.1) is 40.4 Å². The highest BCUT2D eigenvalue weighted by Gasteiger charge is 2.62. The van der Waals surface area contributed by atoms with Gasteiger partial charge in [0.25, 0.3) is 0 Å². The Morgan fingerprint density at radius 1 is 1.07 bits per heavy atom. The molecule has 3 fully saturated rings. The normalized spacial score (nSPS) is 35.2. The lowest BCUT2D eigenvalue weighted by atomic mass is 9.44. The first-order valence-corrected chi connectivity index (χ1v) is 19.9. The van der Waals surface area contributed by atoms with Crippen LogP contribution >= 0.6 is 11.8 Å². The Kier molecular flexibility index (Phi) is 18.1. The molecule has 0 spiro atoms. The van der Waals surface area contributed by atoms with Crippen LogP contribution in [0.15, 0.2) is 22.9 Å². The number of hydrogen-bond donors (Lipinski definition) is 2. The number of allylic oxidation sites excluding steroid dienone is 3. The number of carboxylic acid groups (broad SMARTS) is 1. The van der Waals surface area contributed by atoms with E-state index < -0.39 is 5.97 Å². The standard InChI is InChI=1S/C24H41NO3.C12H21NS.2C2H6/c1-5-13-23(4)20-12-14-22(3)17(8-10-21(27)28)7-9-19(22)18(20)11-15-24(23,6-2)25-16-26;1-6-11(4)14-12-8-9(2)7-10(3)13(12)5;2*1-2/h16-20H,5-15H2,1-4H3,(H,25,26)(H,27,28);7-9,11H,6H2,1-5H3;2*1-2H3. The van der Waals surface area contributed by atoms with Gasteiger partial charge in [0.1, 0.15) is 0 Å². The molecule has 46 heavy (non-hydrogen) atoms. The van der Waals surface area contributed by atoms with Gasteiger partial charge < -0.3 is 15.3 Å². The van der Waals surface area contributed by atoms with E-state index in [4.69, 9.17) is 5.11 Å². The fourth-order valence-corrected chi connectivity index (χ4v) is 11.0. The van der Waals surface area contributed by atoms with Gasteiger partial charge >= 0.3 is 5.97 Å². The molecule has 1 aliphatic heterocycles. The van der Waals surface area contributed by atoms with Crippen molar-refractivity contribution in [3.8, 4) is 0 Å². The van der Waals surface area contributed by atoms with Crippen molar-refractivity contribution in [2.45, 2.75) is 171 Å². The van der Waals surface area contributed by atoms with E-state index in [1.54, 1.807) is 0 Å². The molecule has 3 saturated carbocycles. The van der Waals surface area contributed by atoms with Crippen LogP contribution in [0.1, 0.15) is 160 Å². The first-order chi connectivity index (χ1) is 21.8. The van der Waals surface area contributed by atoms with Crippen LogP contribution in [0.3, 0.4) is 0 Å². The molecule has 9 unspecified atom stereocenters. The maximum atomic E-state index is 11.5. The van der Waals surface area contributed by atoms with Crippen molar-refractivity contribution in [2.75, 3.05) is 7.05 Å². The Bertz CT molecular complexity index is 997. The van der Waals surface area contributed by atoms with Gasteiger partial charge in [-0.15, -0.1) is 11.8 Å². The minimum atomic E-state index is -0.651. The first kappa shape index (κ1) is 42.6. The van der Waals surface area contributed by atoms with Crippen LogP contribution in [0.4, 0.5) is 0 Å². The predicted octanol–water partition coefficient (Wildman–Crippen LogP) is 11.3. The highest BCUT2D eigenvalue weighted by Crippen LogP contribution is 2.67. The third kappa shape index (κ3) is 9.38. The van der Waals surface area contributed by atoms with Crippen molar-refractivity contribution in [3.05, 3.63) is 22.9 Å². The summed E-state index contributed by atoms with van der Waals surface area (Å²) >= 11 is 1.98. The second kappa shape index (κ2) is 19.5. The van der Waals surface area contributed by atoms with Gasteiger partial charge in [-0.2, -0.15) is 0 Å². The summed E-state index contributed by atoms with van der Waals surface area (Å²) in [5, 5.41) is 14.6. The maximum Gasteiger partial charge on any atom is 0.303 e. The number of fused-ring (bicyclic) bond motifs is 3. The molecule has 0 saturated heterocycles. The molecule has 1 amide bonds. The fourth-order valence-electron chi connectivity index (χ4n) is 9.85. The van der Waals surface area contributed by atoms with Gasteiger partial charge in [-0.1, -0.05) is 88.7 Å². The molecule has 0 aromatic carbocycles. The Balaban J connectivity index is 0.000000494. The van der Waals surface area contributed by atoms with E-state index in [2.05, 4.69) is 84.8 Å². The van der Waals surface area contributed by atoms with E-state index in [0.29, 0.717) is 34.8 Å². The molecule has 2 N–H and O–H groups in total. The Hall–Kier alpha value is -1.43. The maximum absolute atomic E-state index is 11.5. The summed E-state index contributed by atoms with van der Waals surface area (Å²) in [6.45, 7) is 26.4. The van der Waals surface area contributed by atoms with Crippen molar-refractivity contribution in [1.29, 1.82) is 0 Å². The van der Waals surface area contributed by atoms with Crippen LogP contribution in [0.2, 0.25) is 0 Å². The SMILES string of the molecule is CC.CC.CCC(C)SC1=CC(C)C=C(C)N1C.CCCC1(C)C2CCC3(C)C(CCC(=O)O)CCC3C2CCC1(CC)NC=O. The average Bonchev–Trinajstić information content (AvgIpc) is 3.38. The molecule has 0 bridgehead atoms. The van der Waals surface area contributed by atoms with Crippen LogP contribution < -0.4 is 5.32 Å². The molecule has 0 aromatic heterocycles. The number of nitrogens with zero attached hydrogens (tertiary/aromatic N) is 1. The lowest BCUT2D eigenvalue weighted by Gasteiger charge is -2.63. The molecule has 1 heterocycles. The quantitative estimate of drug-likeness (QED) is 0.215. The first-order valence-electron chi connectivity index (χ1n) is 19.1. The van der Waals surface area contributed by atoms with Crippen molar-refractivity contribution < 1.29 is 14.7 Å². The van der Waals surface area contributed by atoms with Gasteiger partial charge in [0.2, 0.25) is 6.41 Å². The van der Waals surface area contributed by atoms with Gasteiger partial charge in [0, 0.05) is 30.0 Å². The van der Waals surface area contributed by atoms with Gasteiger partial charge in [-0.3, -0.25) is 9.59 Å². The third-order valence-corrected chi connectivity index (χ3v) is 13.9. The Morgan fingerprint density at radius 3 is 2.26 bits per heavy atom. The molecule has 0 aromatic rings. The summed E-state index contributed by atoms with van der Waals surface area (Å²) in [6, 6.07) is 0. The molecule has 4 aliphatic rings. The van der Waals surface area contributed by atoms with Gasteiger partial charge in [0.05, 0.1) is 5.03 Å².